The third kappa shape index (κ3) is 4.69. The van der Waals surface area contributed by atoms with E-state index in [1.54, 1.807) is 4.31 Å². The third-order valence-corrected chi connectivity index (χ3v) is 9.67. The van der Waals surface area contributed by atoms with Crippen molar-refractivity contribution >= 4 is 15.9 Å². The van der Waals surface area contributed by atoms with Crippen molar-refractivity contribution in [2.45, 2.75) is 56.8 Å². The Morgan fingerprint density at radius 3 is 2.42 bits per heavy atom. The molecule has 1 unspecified atom stereocenters. The van der Waals surface area contributed by atoms with Crippen molar-refractivity contribution in [3.63, 3.8) is 0 Å². The minimum Gasteiger partial charge on any atom is -0.340 e. The number of hydrogen-bond donors (Lipinski definition) is 0. The van der Waals surface area contributed by atoms with Gasteiger partial charge in [0.1, 0.15) is 0 Å². The van der Waals surface area contributed by atoms with E-state index < -0.39 is 10.0 Å². The Bertz CT molecular complexity index is 885. The van der Waals surface area contributed by atoms with Gasteiger partial charge in [0.2, 0.25) is 15.9 Å². The molecule has 1 spiro atoms. The van der Waals surface area contributed by atoms with Crippen molar-refractivity contribution in [1.82, 2.24) is 14.1 Å². The van der Waals surface area contributed by atoms with Crippen LogP contribution in [0, 0.1) is 0 Å². The second-order valence-electron chi connectivity index (χ2n) is 9.73. The van der Waals surface area contributed by atoms with E-state index in [-0.39, 0.29) is 23.0 Å². The number of piperazine rings is 1. The molecule has 31 heavy (non-hydrogen) atoms. The maximum atomic E-state index is 13.0. The van der Waals surface area contributed by atoms with Crippen molar-refractivity contribution in [1.29, 1.82) is 0 Å². The molecule has 2 heterocycles. The first kappa shape index (κ1) is 22.7. The quantitative estimate of drug-likeness (QED) is 0.673. The second kappa shape index (κ2) is 9.20. The van der Waals surface area contributed by atoms with Gasteiger partial charge in [0.15, 0.2) is 0 Å². The Hall–Kier alpha value is -1.44. The molecule has 6 nitrogen and oxygen atoms in total. The standard InChI is InChI=1S/C24H37N3O3S/c1-3-4-17-31(29,30)27-11-9-24(10-12-27)19-20(21-7-5-6-8-22(21)24)18-23(28)26-15-13-25(2)14-16-26/h5-8,20H,3-4,9-19H2,1-2H3. The van der Waals surface area contributed by atoms with Crippen LogP contribution in [0.1, 0.15) is 62.5 Å². The summed E-state index contributed by atoms with van der Waals surface area (Å²) in [4.78, 5) is 17.3. The topological polar surface area (TPSA) is 60.9 Å². The van der Waals surface area contributed by atoms with Crippen molar-refractivity contribution < 1.29 is 13.2 Å². The molecule has 0 bridgehead atoms. The fourth-order valence-corrected chi connectivity index (χ4v) is 7.38. The van der Waals surface area contributed by atoms with E-state index in [1.807, 2.05) is 11.8 Å². The van der Waals surface area contributed by atoms with Gasteiger partial charge in [-0.1, -0.05) is 37.6 Å². The molecule has 2 fully saturated rings. The summed E-state index contributed by atoms with van der Waals surface area (Å²) in [5.41, 5.74) is 2.68. The van der Waals surface area contributed by atoms with E-state index in [0.29, 0.717) is 19.5 Å². The molecule has 1 aliphatic carbocycles. The molecule has 172 valence electrons. The maximum absolute atomic E-state index is 13.0. The SMILES string of the molecule is CCCCS(=O)(=O)N1CCC2(CC1)CC(CC(=O)N1CCN(C)CC1)c1ccccc12. The molecule has 1 aromatic rings. The van der Waals surface area contributed by atoms with Gasteiger partial charge >= 0.3 is 0 Å². The number of rotatable bonds is 6. The molecule has 0 aromatic heterocycles. The summed E-state index contributed by atoms with van der Waals surface area (Å²) >= 11 is 0. The van der Waals surface area contributed by atoms with Crippen molar-refractivity contribution in [2.24, 2.45) is 0 Å². The summed E-state index contributed by atoms with van der Waals surface area (Å²) in [5.74, 6) is 0.769. The Morgan fingerprint density at radius 2 is 1.74 bits per heavy atom. The van der Waals surface area contributed by atoms with Crippen LogP contribution in [0.5, 0.6) is 0 Å². The highest BCUT2D eigenvalue weighted by Crippen LogP contribution is 2.53. The van der Waals surface area contributed by atoms with E-state index >= 15 is 0 Å². The van der Waals surface area contributed by atoms with Crippen LogP contribution in [0.25, 0.3) is 0 Å². The maximum Gasteiger partial charge on any atom is 0.223 e. The molecule has 7 heteroatoms. The molecular weight excluding hydrogens is 410 g/mol. The third-order valence-electron chi connectivity index (χ3n) is 7.71. The van der Waals surface area contributed by atoms with E-state index in [2.05, 4.69) is 36.2 Å². The fraction of sp³-hybridized carbons (Fsp3) is 0.708. The number of nitrogens with zero attached hydrogens (tertiary/aromatic N) is 3. The Kier molecular flexibility index (Phi) is 6.75. The number of amides is 1. The zero-order chi connectivity index (χ0) is 22.1. The number of likely N-dealkylation sites (N-methyl/N-ethyl adjacent to an activating group) is 1. The largest absolute Gasteiger partial charge is 0.340 e. The lowest BCUT2D eigenvalue weighted by Crippen LogP contribution is -2.47. The number of benzene rings is 1. The number of fused-ring (bicyclic) bond motifs is 2. The lowest BCUT2D eigenvalue weighted by molar-refractivity contribution is -0.133. The van der Waals surface area contributed by atoms with Gasteiger partial charge in [0, 0.05) is 45.7 Å². The van der Waals surface area contributed by atoms with E-state index in [1.165, 1.54) is 11.1 Å². The van der Waals surface area contributed by atoms with E-state index in [4.69, 9.17) is 0 Å². The Labute approximate surface area is 187 Å². The molecule has 0 radical (unpaired) electrons. The summed E-state index contributed by atoms with van der Waals surface area (Å²) in [6.45, 7) is 6.75. The first-order valence-electron chi connectivity index (χ1n) is 11.9. The molecule has 2 saturated heterocycles. The van der Waals surface area contributed by atoms with Gasteiger partial charge in [-0.3, -0.25) is 4.79 Å². The molecule has 1 aromatic carbocycles. The van der Waals surface area contributed by atoms with Crippen molar-refractivity contribution in [2.75, 3.05) is 52.1 Å². The highest BCUT2D eigenvalue weighted by atomic mass is 32.2. The van der Waals surface area contributed by atoms with E-state index in [9.17, 15) is 13.2 Å². The predicted octanol–water partition coefficient (Wildman–Crippen LogP) is 2.80. The summed E-state index contributed by atoms with van der Waals surface area (Å²) in [6.07, 6.45) is 4.87. The smallest absolute Gasteiger partial charge is 0.223 e. The van der Waals surface area contributed by atoms with Gasteiger partial charge < -0.3 is 9.80 Å². The number of sulfonamides is 1. The van der Waals surface area contributed by atoms with Crippen LogP contribution in [0.2, 0.25) is 0 Å². The summed E-state index contributed by atoms with van der Waals surface area (Å²) in [6, 6.07) is 8.58. The van der Waals surface area contributed by atoms with Gasteiger partial charge in [-0.25, -0.2) is 12.7 Å². The summed E-state index contributed by atoms with van der Waals surface area (Å²) < 4.78 is 27.1. The van der Waals surface area contributed by atoms with Crippen LogP contribution >= 0.6 is 0 Å². The van der Waals surface area contributed by atoms with Crippen molar-refractivity contribution in [3.05, 3.63) is 35.4 Å². The molecule has 0 saturated carbocycles. The number of carbonyl (C=O) groups is 1. The highest BCUT2D eigenvalue weighted by Gasteiger charge is 2.47. The average molecular weight is 448 g/mol. The molecule has 3 aliphatic rings. The number of piperidine rings is 1. The fourth-order valence-electron chi connectivity index (χ4n) is 5.73. The lowest BCUT2D eigenvalue weighted by atomic mass is 9.73. The van der Waals surface area contributed by atoms with Crippen molar-refractivity contribution in [3.8, 4) is 0 Å². The van der Waals surface area contributed by atoms with Gasteiger partial charge in [-0.05, 0) is 55.2 Å². The first-order chi connectivity index (χ1) is 14.8. The lowest BCUT2D eigenvalue weighted by Gasteiger charge is -2.40. The monoisotopic (exact) mass is 447 g/mol. The summed E-state index contributed by atoms with van der Waals surface area (Å²) in [7, 11) is -1.05. The Balaban J connectivity index is 1.45. The van der Waals surface area contributed by atoms with Gasteiger partial charge in [0.05, 0.1) is 5.75 Å². The average Bonchev–Trinajstić information content (AvgIpc) is 3.06. The normalized spacial score (nSPS) is 24.5. The molecular formula is C24H37N3O3S. The minimum absolute atomic E-state index is 0.0143. The molecule has 2 aliphatic heterocycles. The molecule has 1 atom stereocenters. The van der Waals surface area contributed by atoms with Gasteiger partial charge in [-0.15, -0.1) is 0 Å². The van der Waals surface area contributed by atoms with Crippen LogP contribution in [0.4, 0.5) is 0 Å². The molecule has 1 amide bonds. The predicted molar refractivity (Wildman–Crippen MR) is 124 cm³/mol. The van der Waals surface area contributed by atoms with Gasteiger partial charge in [-0.2, -0.15) is 0 Å². The highest BCUT2D eigenvalue weighted by molar-refractivity contribution is 7.89. The first-order valence-corrected chi connectivity index (χ1v) is 13.5. The van der Waals surface area contributed by atoms with Crippen LogP contribution in [0.15, 0.2) is 24.3 Å². The number of carbonyl (C=O) groups excluding carboxylic acids is 1. The zero-order valence-electron chi connectivity index (χ0n) is 19.1. The number of hydrogen-bond acceptors (Lipinski definition) is 4. The summed E-state index contributed by atoms with van der Waals surface area (Å²) in [5, 5.41) is 0. The second-order valence-corrected chi connectivity index (χ2v) is 11.8. The number of unbranched alkanes of at least 4 members (excludes halogenated alkanes) is 1. The van der Waals surface area contributed by atoms with Crippen LogP contribution in [-0.2, 0) is 20.2 Å². The molecule has 0 N–H and O–H groups in total. The zero-order valence-corrected chi connectivity index (χ0v) is 19.9. The molecule has 4 rings (SSSR count). The van der Waals surface area contributed by atoms with Crippen LogP contribution < -0.4 is 0 Å². The van der Waals surface area contributed by atoms with Crippen LogP contribution in [-0.4, -0.2) is 80.5 Å². The van der Waals surface area contributed by atoms with E-state index in [0.717, 1.165) is 58.3 Å². The van der Waals surface area contributed by atoms with Gasteiger partial charge in [0.25, 0.3) is 0 Å². The van der Waals surface area contributed by atoms with Crippen LogP contribution in [0.3, 0.4) is 0 Å². The minimum atomic E-state index is -3.15. The Morgan fingerprint density at radius 1 is 1.06 bits per heavy atom.